The summed E-state index contributed by atoms with van der Waals surface area (Å²) < 4.78 is 0. The number of aliphatic hydroxyl groups excluding tert-OH is 1. The van der Waals surface area contributed by atoms with Crippen molar-refractivity contribution in [3.8, 4) is 11.1 Å². The molecule has 0 radical (unpaired) electrons. The van der Waals surface area contributed by atoms with Gasteiger partial charge in [-0.15, -0.1) is 0 Å². The molecule has 0 saturated heterocycles. The highest BCUT2D eigenvalue weighted by Gasteiger charge is 2.32. The zero-order valence-corrected chi connectivity index (χ0v) is 18.8. The first-order chi connectivity index (χ1) is 16.0. The fraction of sp³-hybridized carbons (Fsp3) is 0.269. The second kappa shape index (κ2) is 9.83. The van der Waals surface area contributed by atoms with Crippen molar-refractivity contribution in [2.45, 2.75) is 32.4 Å². The molecule has 2 heterocycles. The molecule has 0 saturated carbocycles. The van der Waals surface area contributed by atoms with Crippen LogP contribution in [0, 0.1) is 0 Å². The van der Waals surface area contributed by atoms with E-state index in [1.165, 1.54) is 0 Å². The van der Waals surface area contributed by atoms with Crippen LogP contribution in [0.1, 0.15) is 42.2 Å². The van der Waals surface area contributed by atoms with Gasteiger partial charge in [0.1, 0.15) is 5.82 Å². The summed E-state index contributed by atoms with van der Waals surface area (Å²) in [5.74, 6) is 0.596. The number of carbonyl (C=O) groups is 2. The molecule has 33 heavy (non-hydrogen) atoms. The van der Waals surface area contributed by atoms with E-state index < -0.39 is 0 Å². The van der Waals surface area contributed by atoms with Gasteiger partial charge in [-0.3, -0.25) is 9.59 Å². The van der Waals surface area contributed by atoms with E-state index in [4.69, 9.17) is 5.11 Å². The number of fused-ring (bicyclic) bond motifs is 1. The lowest BCUT2D eigenvalue weighted by molar-refractivity contribution is -0.117. The first-order valence-electron chi connectivity index (χ1n) is 11.1. The molecule has 1 aliphatic heterocycles. The molecule has 1 aliphatic rings. The van der Waals surface area contributed by atoms with E-state index in [1.807, 2.05) is 47.4 Å². The van der Waals surface area contributed by atoms with Crippen molar-refractivity contribution in [1.29, 1.82) is 0 Å². The molecule has 0 fully saturated rings. The fourth-order valence-corrected chi connectivity index (χ4v) is 4.37. The van der Waals surface area contributed by atoms with Gasteiger partial charge in [0.2, 0.25) is 5.91 Å². The number of hydrogen-bond donors (Lipinski definition) is 3. The molecular formula is C26H28N4O3. The van der Waals surface area contributed by atoms with Crippen molar-refractivity contribution >= 4 is 23.3 Å². The van der Waals surface area contributed by atoms with Crippen molar-refractivity contribution in [1.82, 2.24) is 10.3 Å². The third kappa shape index (κ3) is 4.88. The number of nitrogens with one attached hydrogen (secondary N) is 2. The number of anilines is 2. The summed E-state index contributed by atoms with van der Waals surface area (Å²) in [6, 6.07) is 19.3. The molecule has 0 bridgehead atoms. The van der Waals surface area contributed by atoms with Crippen LogP contribution in [0.3, 0.4) is 0 Å². The van der Waals surface area contributed by atoms with E-state index in [9.17, 15) is 9.59 Å². The molecule has 170 valence electrons. The molecule has 2 aromatic carbocycles. The highest BCUT2D eigenvalue weighted by molar-refractivity contribution is 5.95. The number of aliphatic hydroxyl groups is 1. The monoisotopic (exact) mass is 444 g/mol. The Kier molecular flexibility index (Phi) is 6.70. The maximum atomic E-state index is 12.4. The minimum Gasteiger partial charge on any atom is -0.395 e. The topological polar surface area (TPSA) is 94.6 Å². The average Bonchev–Trinajstić information content (AvgIpc) is 2.83. The van der Waals surface area contributed by atoms with Crippen molar-refractivity contribution in [2.24, 2.45) is 0 Å². The number of carbonyl (C=O) groups excluding carboxylic acids is 2. The van der Waals surface area contributed by atoms with E-state index in [-0.39, 0.29) is 37.0 Å². The van der Waals surface area contributed by atoms with Gasteiger partial charge in [0.05, 0.1) is 12.6 Å². The minimum atomic E-state index is -0.216. The van der Waals surface area contributed by atoms with Crippen molar-refractivity contribution < 1.29 is 14.7 Å². The van der Waals surface area contributed by atoms with Gasteiger partial charge in [0.25, 0.3) is 5.91 Å². The molecule has 2 amide bonds. The van der Waals surface area contributed by atoms with Crippen molar-refractivity contribution in [2.75, 3.05) is 23.4 Å². The summed E-state index contributed by atoms with van der Waals surface area (Å²) in [5.41, 5.74) is 4.45. The Morgan fingerprint density at radius 3 is 2.52 bits per heavy atom. The Labute approximate surface area is 193 Å². The molecule has 3 N–H and O–H groups in total. The summed E-state index contributed by atoms with van der Waals surface area (Å²) in [4.78, 5) is 30.8. The van der Waals surface area contributed by atoms with Crippen LogP contribution in [0.4, 0.5) is 11.5 Å². The second-order valence-electron chi connectivity index (χ2n) is 8.22. The normalized spacial score (nSPS) is 17.2. The third-order valence-corrected chi connectivity index (χ3v) is 5.88. The lowest BCUT2D eigenvalue weighted by atomic mass is 9.89. The molecule has 3 aromatic rings. The van der Waals surface area contributed by atoms with Gasteiger partial charge < -0.3 is 20.6 Å². The molecule has 7 nitrogen and oxygen atoms in total. The van der Waals surface area contributed by atoms with Crippen LogP contribution in [0.15, 0.2) is 66.9 Å². The first kappa shape index (κ1) is 22.5. The predicted octanol–water partition coefficient (Wildman–Crippen LogP) is 3.77. The van der Waals surface area contributed by atoms with Gasteiger partial charge in [0, 0.05) is 37.0 Å². The number of rotatable bonds is 6. The highest BCUT2D eigenvalue weighted by atomic mass is 16.3. The third-order valence-electron chi connectivity index (χ3n) is 5.88. The number of hydrogen-bond acceptors (Lipinski definition) is 5. The molecule has 7 heteroatoms. The van der Waals surface area contributed by atoms with Gasteiger partial charge in [-0.1, -0.05) is 24.3 Å². The predicted molar refractivity (Wildman–Crippen MR) is 129 cm³/mol. The Bertz CT molecular complexity index is 1130. The van der Waals surface area contributed by atoms with E-state index in [1.54, 1.807) is 25.3 Å². The van der Waals surface area contributed by atoms with Crippen LogP contribution in [-0.4, -0.2) is 41.1 Å². The summed E-state index contributed by atoms with van der Waals surface area (Å²) in [5, 5.41) is 15.1. The number of nitrogens with zero attached hydrogens (tertiary/aromatic N) is 2. The van der Waals surface area contributed by atoms with Crippen LogP contribution in [0.2, 0.25) is 0 Å². The average molecular weight is 445 g/mol. The van der Waals surface area contributed by atoms with Crippen molar-refractivity contribution in [3.63, 3.8) is 0 Å². The van der Waals surface area contributed by atoms with Crippen LogP contribution < -0.4 is 15.5 Å². The summed E-state index contributed by atoms with van der Waals surface area (Å²) >= 11 is 0. The largest absolute Gasteiger partial charge is 0.395 e. The molecule has 0 aliphatic carbocycles. The number of pyridine rings is 1. The Balaban J connectivity index is 1.68. The van der Waals surface area contributed by atoms with Gasteiger partial charge in [0.15, 0.2) is 0 Å². The Hall–Kier alpha value is -3.71. The SMILES string of the molecule is CC(=O)N1c2ccc(-c3ccc(C(=O)NCCO)cc3)cc2[C@H](Nc2ccccn2)C[C@@H]1C. The Morgan fingerprint density at radius 2 is 1.85 bits per heavy atom. The minimum absolute atomic E-state index is 0.00369. The van der Waals surface area contributed by atoms with E-state index in [0.717, 1.165) is 34.6 Å². The molecule has 4 rings (SSSR count). The first-order valence-corrected chi connectivity index (χ1v) is 11.1. The Morgan fingerprint density at radius 1 is 1.09 bits per heavy atom. The zero-order valence-electron chi connectivity index (χ0n) is 18.8. The summed E-state index contributed by atoms with van der Waals surface area (Å²) in [6.45, 7) is 3.79. The van der Waals surface area contributed by atoms with Gasteiger partial charge in [-0.2, -0.15) is 0 Å². The zero-order chi connectivity index (χ0) is 23.4. The maximum absolute atomic E-state index is 12.4. The van der Waals surface area contributed by atoms with Crippen LogP contribution in [0.5, 0.6) is 0 Å². The lowest BCUT2D eigenvalue weighted by Gasteiger charge is -2.39. The number of aromatic nitrogens is 1. The summed E-state index contributed by atoms with van der Waals surface area (Å²) in [7, 11) is 0. The van der Waals surface area contributed by atoms with Crippen LogP contribution in [0.25, 0.3) is 11.1 Å². The summed E-state index contributed by atoms with van der Waals surface area (Å²) in [6.07, 6.45) is 2.52. The number of benzene rings is 2. The standard InChI is InChI=1S/C26H28N4O3/c1-17-15-23(29-25-5-3-4-12-27-25)22-16-21(10-11-24(22)30(17)18(2)32)19-6-8-20(9-7-19)26(33)28-13-14-31/h3-12,16-17,23,31H,13-15H2,1-2H3,(H,27,29)(H,28,33)/t17-,23+/m0/s1. The van der Waals surface area contributed by atoms with Crippen LogP contribution >= 0.6 is 0 Å². The smallest absolute Gasteiger partial charge is 0.251 e. The quantitative estimate of drug-likeness (QED) is 0.538. The van der Waals surface area contributed by atoms with Crippen LogP contribution in [-0.2, 0) is 4.79 Å². The van der Waals surface area contributed by atoms with E-state index in [2.05, 4.69) is 28.6 Å². The van der Waals surface area contributed by atoms with Gasteiger partial charge in [-0.05, 0) is 66.4 Å². The fourth-order valence-electron chi connectivity index (χ4n) is 4.37. The maximum Gasteiger partial charge on any atom is 0.251 e. The molecule has 0 spiro atoms. The number of amides is 2. The van der Waals surface area contributed by atoms with Gasteiger partial charge in [-0.25, -0.2) is 4.98 Å². The second-order valence-corrected chi connectivity index (χ2v) is 8.22. The van der Waals surface area contributed by atoms with Gasteiger partial charge >= 0.3 is 0 Å². The van der Waals surface area contributed by atoms with Crippen molar-refractivity contribution in [3.05, 3.63) is 78.0 Å². The van der Waals surface area contributed by atoms with E-state index in [0.29, 0.717) is 5.56 Å². The van der Waals surface area contributed by atoms with E-state index >= 15 is 0 Å². The molecule has 0 unspecified atom stereocenters. The molecule has 2 atom stereocenters. The lowest BCUT2D eigenvalue weighted by Crippen LogP contribution is -2.43. The molecular weight excluding hydrogens is 416 g/mol. The highest BCUT2D eigenvalue weighted by Crippen LogP contribution is 2.41. The molecule has 1 aromatic heterocycles.